The number of benzene rings is 2. The van der Waals surface area contributed by atoms with Gasteiger partial charge in [-0.1, -0.05) is 12.1 Å². The van der Waals surface area contributed by atoms with Crippen LogP contribution in [0, 0.1) is 0 Å². The molecule has 0 aliphatic rings. The van der Waals surface area contributed by atoms with Gasteiger partial charge in [-0.2, -0.15) is 0 Å². The predicted octanol–water partition coefficient (Wildman–Crippen LogP) is 2.40. The molecule has 0 saturated carbocycles. The number of nitrogens with one attached hydrogen (secondary N) is 1. The first-order valence-corrected chi connectivity index (χ1v) is 9.25. The molecule has 0 aliphatic carbocycles. The van der Waals surface area contributed by atoms with Crippen molar-refractivity contribution in [3.8, 4) is 11.5 Å². The summed E-state index contributed by atoms with van der Waals surface area (Å²) in [5.74, 6) is -1.42. The highest BCUT2D eigenvalue weighted by atomic mass is 16.5. The van der Waals surface area contributed by atoms with Crippen LogP contribution in [0.2, 0.25) is 0 Å². The summed E-state index contributed by atoms with van der Waals surface area (Å²) in [7, 11) is 1.52. The van der Waals surface area contributed by atoms with Crippen LogP contribution in [0.5, 0.6) is 11.5 Å². The van der Waals surface area contributed by atoms with Crippen LogP contribution in [-0.4, -0.2) is 41.9 Å². The third-order valence-corrected chi connectivity index (χ3v) is 4.25. The Labute approximate surface area is 173 Å². The topological polar surface area (TPSA) is 119 Å². The van der Waals surface area contributed by atoms with E-state index in [1.165, 1.54) is 14.0 Å². The van der Waals surface area contributed by atoms with Gasteiger partial charge in [0.15, 0.2) is 5.78 Å². The molecule has 2 aromatic carbocycles. The lowest BCUT2D eigenvalue weighted by Crippen LogP contribution is -2.42. The molecule has 1 amide bonds. The predicted molar refractivity (Wildman–Crippen MR) is 108 cm³/mol. The molecule has 0 saturated heterocycles. The van der Waals surface area contributed by atoms with Crippen molar-refractivity contribution in [1.82, 2.24) is 5.32 Å². The van der Waals surface area contributed by atoms with Crippen LogP contribution in [0.15, 0.2) is 48.5 Å². The highest BCUT2D eigenvalue weighted by Crippen LogP contribution is 2.15. The average Bonchev–Trinajstić information content (AvgIpc) is 2.72. The summed E-state index contributed by atoms with van der Waals surface area (Å²) in [6.07, 6.45) is -0.116. The van der Waals surface area contributed by atoms with Crippen LogP contribution >= 0.6 is 0 Å². The van der Waals surface area contributed by atoms with Crippen LogP contribution in [-0.2, 0) is 20.8 Å². The number of ether oxygens (including phenoxy) is 2. The fourth-order valence-electron chi connectivity index (χ4n) is 2.71. The van der Waals surface area contributed by atoms with E-state index in [9.17, 15) is 24.3 Å². The van der Waals surface area contributed by atoms with Gasteiger partial charge in [-0.25, -0.2) is 4.79 Å². The number of Topliss-reactive ketones (excluding diaryl/α,β-unsaturated/α-hetero) is 1. The first-order chi connectivity index (χ1) is 14.3. The third kappa shape index (κ3) is 7.05. The summed E-state index contributed by atoms with van der Waals surface area (Å²) in [5.41, 5.74) is 1.10. The molecule has 1 unspecified atom stereocenters. The van der Waals surface area contributed by atoms with Gasteiger partial charge in [0.2, 0.25) is 5.91 Å². The maximum Gasteiger partial charge on any atom is 0.326 e. The highest BCUT2D eigenvalue weighted by molar-refractivity contribution is 5.98. The van der Waals surface area contributed by atoms with Crippen LogP contribution in [0.4, 0.5) is 0 Å². The summed E-state index contributed by atoms with van der Waals surface area (Å²) in [4.78, 5) is 46.8. The second kappa shape index (κ2) is 10.8. The maximum atomic E-state index is 12.2. The van der Waals surface area contributed by atoms with Gasteiger partial charge in [0.05, 0.1) is 7.11 Å². The third-order valence-electron chi connectivity index (χ3n) is 4.25. The molecule has 0 spiro atoms. The van der Waals surface area contributed by atoms with E-state index in [-0.39, 0.29) is 25.0 Å². The van der Waals surface area contributed by atoms with Crippen molar-refractivity contribution in [2.45, 2.75) is 32.2 Å². The minimum Gasteiger partial charge on any atom is -0.497 e. The van der Waals surface area contributed by atoms with Gasteiger partial charge in [0, 0.05) is 31.7 Å². The van der Waals surface area contributed by atoms with Crippen LogP contribution < -0.4 is 14.8 Å². The molecule has 0 heterocycles. The first-order valence-electron chi connectivity index (χ1n) is 9.25. The molecule has 2 aromatic rings. The Bertz CT molecular complexity index is 904. The van der Waals surface area contributed by atoms with Crippen molar-refractivity contribution in [2.24, 2.45) is 0 Å². The zero-order valence-electron chi connectivity index (χ0n) is 16.7. The van der Waals surface area contributed by atoms with E-state index in [4.69, 9.17) is 9.47 Å². The summed E-state index contributed by atoms with van der Waals surface area (Å²) in [5, 5.41) is 11.8. The molecule has 8 nitrogen and oxygen atoms in total. The normalized spacial score (nSPS) is 11.3. The zero-order valence-corrected chi connectivity index (χ0v) is 16.7. The number of methoxy groups -OCH3 is 1. The molecule has 2 N–H and O–H groups in total. The van der Waals surface area contributed by atoms with Crippen molar-refractivity contribution < 1.29 is 33.8 Å². The lowest BCUT2D eigenvalue weighted by Gasteiger charge is -2.15. The fourth-order valence-corrected chi connectivity index (χ4v) is 2.71. The quantitative estimate of drug-likeness (QED) is 0.349. The average molecular weight is 413 g/mol. The number of carbonyl (C=O) groups is 4. The van der Waals surface area contributed by atoms with Crippen molar-refractivity contribution in [2.75, 3.05) is 7.11 Å². The monoisotopic (exact) mass is 413 g/mol. The number of amides is 1. The van der Waals surface area contributed by atoms with E-state index in [0.717, 1.165) is 0 Å². The standard InChI is InChI=1S/C22H23NO7/c1-14(24)30-18-7-3-15(4-8-18)13-19(22(27)28)23-21(26)12-11-20(25)16-5-9-17(29-2)10-6-16/h3-10,19H,11-13H2,1-2H3,(H,23,26)(H,27,28). The van der Waals surface area contributed by atoms with E-state index >= 15 is 0 Å². The Morgan fingerprint density at radius 3 is 2.07 bits per heavy atom. The van der Waals surface area contributed by atoms with E-state index in [1.54, 1.807) is 48.5 Å². The SMILES string of the molecule is COc1ccc(C(=O)CCC(=O)NC(Cc2ccc(OC(C)=O)cc2)C(=O)O)cc1. The number of carboxylic acids is 1. The van der Waals surface area contributed by atoms with Gasteiger partial charge in [0.1, 0.15) is 17.5 Å². The summed E-state index contributed by atoms with van der Waals surface area (Å²) < 4.78 is 9.96. The van der Waals surface area contributed by atoms with Gasteiger partial charge in [0.25, 0.3) is 0 Å². The number of hydrogen-bond donors (Lipinski definition) is 2. The Balaban J connectivity index is 1.89. The van der Waals surface area contributed by atoms with Gasteiger partial charge in [-0.3, -0.25) is 14.4 Å². The van der Waals surface area contributed by atoms with Crippen molar-refractivity contribution >= 4 is 23.6 Å². The zero-order chi connectivity index (χ0) is 22.1. The molecule has 0 aromatic heterocycles. The van der Waals surface area contributed by atoms with E-state index < -0.39 is 23.9 Å². The maximum absolute atomic E-state index is 12.2. The molecule has 30 heavy (non-hydrogen) atoms. The molecular weight excluding hydrogens is 390 g/mol. The fraction of sp³-hybridized carbons (Fsp3) is 0.273. The summed E-state index contributed by atoms with van der Waals surface area (Å²) in [6.45, 7) is 1.28. The van der Waals surface area contributed by atoms with Crippen LogP contribution in [0.25, 0.3) is 0 Å². The minimum absolute atomic E-state index is 0.0401. The number of aliphatic carboxylic acids is 1. The Hall–Kier alpha value is -3.68. The van der Waals surface area contributed by atoms with Crippen LogP contribution in [0.3, 0.4) is 0 Å². The van der Waals surface area contributed by atoms with Crippen LogP contribution in [0.1, 0.15) is 35.7 Å². The minimum atomic E-state index is -1.19. The Morgan fingerprint density at radius 2 is 1.53 bits per heavy atom. The number of ketones is 1. The number of hydrogen-bond acceptors (Lipinski definition) is 6. The Kier molecular flexibility index (Phi) is 8.10. The second-order valence-corrected chi connectivity index (χ2v) is 6.55. The highest BCUT2D eigenvalue weighted by Gasteiger charge is 2.21. The molecule has 0 radical (unpaired) electrons. The number of esters is 1. The van der Waals surface area contributed by atoms with Crippen molar-refractivity contribution in [1.29, 1.82) is 0 Å². The molecule has 158 valence electrons. The van der Waals surface area contributed by atoms with Gasteiger partial charge in [-0.15, -0.1) is 0 Å². The molecule has 8 heteroatoms. The Morgan fingerprint density at radius 1 is 0.933 bits per heavy atom. The number of carboxylic acid groups (broad SMARTS) is 1. The van der Waals surface area contributed by atoms with Gasteiger partial charge >= 0.3 is 11.9 Å². The van der Waals surface area contributed by atoms with Crippen molar-refractivity contribution in [3.63, 3.8) is 0 Å². The number of carbonyl (C=O) groups excluding carboxylic acids is 3. The van der Waals surface area contributed by atoms with E-state index in [0.29, 0.717) is 22.6 Å². The second-order valence-electron chi connectivity index (χ2n) is 6.55. The lowest BCUT2D eigenvalue weighted by molar-refractivity contribution is -0.141. The van der Waals surface area contributed by atoms with Gasteiger partial charge in [-0.05, 0) is 42.0 Å². The lowest BCUT2D eigenvalue weighted by atomic mass is 10.0. The molecule has 0 aliphatic heterocycles. The molecule has 0 fully saturated rings. The summed E-state index contributed by atoms with van der Waals surface area (Å²) >= 11 is 0. The summed E-state index contributed by atoms with van der Waals surface area (Å²) in [6, 6.07) is 11.7. The molecule has 2 rings (SSSR count). The molecule has 1 atom stereocenters. The number of rotatable bonds is 10. The first kappa shape index (κ1) is 22.6. The van der Waals surface area contributed by atoms with Crippen molar-refractivity contribution in [3.05, 3.63) is 59.7 Å². The largest absolute Gasteiger partial charge is 0.497 e. The van der Waals surface area contributed by atoms with E-state index in [1.807, 2.05) is 0 Å². The molecular formula is C22H23NO7. The smallest absolute Gasteiger partial charge is 0.326 e. The van der Waals surface area contributed by atoms with E-state index in [2.05, 4.69) is 5.32 Å². The van der Waals surface area contributed by atoms with Gasteiger partial charge < -0.3 is 19.9 Å². The molecule has 0 bridgehead atoms.